The Kier molecular flexibility index (Phi) is 4.83. The Morgan fingerprint density at radius 3 is 2.53 bits per heavy atom. The van der Waals surface area contributed by atoms with E-state index < -0.39 is 0 Å². The molecular weight excluding hydrogens is 326 g/mol. The average molecular weight is 346 g/mol. The van der Waals surface area contributed by atoms with Gasteiger partial charge >= 0.3 is 0 Å². The molecule has 0 nitrogen and oxygen atoms in total. The van der Waals surface area contributed by atoms with Crippen LogP contribution in [0.25, 0.3) is 0 Å². The SMILES string of the molecule is CCCC1CCC(c2ccc(I)c(F)c2)CC1. The first-order chi connectivity index (χ1) is 8.20. The van der Waals surface area contributed by atoms with Crippen molar-refractivity contribution in [1.29, 1.82) is 0 Å². The number of benzene rings is 1. The van der Waals surface area contributed by atoms with E-state index in [1.165, 1.54) is 44.1 Å². The van der Waals surface area contributed by atoms with Gasteiger partial charge in [-0.2, -0.15) is 0 Å². The van der Waals surface area contributed by atoms with E-state index in [9.17, 15) is 4.39 Å². The molecule has 1 saturated carbocycles. The van der Waals surface area contributed by atoms with Gasteiger partial charge in [-0.15, -0.1) is 0 Å². The summed E-state index contributed by atoms with van der Waals surface area (Å²) in [4.78, 5) is 0. The van der Waals surface area contributed by atoms with E-state index in [0.717, 1.165) is 9.49 Å². The Labute approximate surface area is 117 Å². The van der Waals surface area contributed by atoms with Gasteiger partial charge in [0.15, 0.2) is 0 Å². The lowest BCUT2D eigenvalue weighted by molar-refractivity contribution is 0.308. The van der Waals surface area contributed by atoms with Crippen LogP contribution < -0.4 is 0 Å². The van der Waals surface area contributed by atoms with Gasteiger partial charge in [-0.1, -0.05) is 25.8 Å². The molecular formula is C15H20FI. The second kappa shape index (κ2) is 6.17. The summed E-state index contributed by atoms with van der Waals surface area (Å²) in [6.07, 6.45) is 7.80. The molecule has 0 bridgehead atoms. The zero-order valence-corrected chi connectivity index (χ0v) is 12.5. The summed E-state index contributed by atoms with van der Waals surface area (Å²) >= 11 is 2.05. The molecule has 0 amide bonds. The van der Waals surface area contributed by atoms with Gasteiger partial charge in [0, 0.05) is 3.57 Å². The number of rotatable bonds is 3. The first kappa shape index (κ1) is 13.3. The summed E-state index contributed by atoms with van der Waals surface area (Å²) < 4.78 is 14.3. The third-order valence-electron chi connectivity index (χ3n) is 3.96. The third kappa shape index (κ3) is 3.43. The minimum absolute atomic E-state index is 0.0567. The van der Waals surface area contributed by atoms with Crippen LogP contribution in [0.2, 0.25) is 0 Å². The molecule has 2 heteroatoms. The number of hydrogen-bond acceptors (Lipinski definition) is 0. The van der Waals surface area contributed by atoms with Crippen molar-refractivity contribution in [2.75, 3.05) is 0 Å². The van der Waals surface area contributed by atoms with Crippen molar-refractivity contribution in [1.82, 2.24) is 0 Å². The highest BCUT2D eigenvalue weighted by Crippen LogP contribution is 2.37. The van der Waals surface area contributed by atoms with Gasteiger partial charge in [0.25, 0.3) is 0 Å². The van der Waals surface area contributed by atoms with E-state index in [4.69, 9.17) is 0 Å². The van der Waals surface area contributed by atoms with Crippen LogP contribution in [0.15, 0.2) is 18.2 Å². The minimum atomic E-state index is -0.0567. The topological polar surface area (TPSA) is 0 Å². The zero-order chi connectivity index (χ0) is 12.3. The molecule has 1 aromatic rings. The van der Waals surface area contributed by atoms with Crippen molar-refractivity contribution in [3.8, 4) is 0 Å². The first-order valence-electron chi connectivity index (χ1n) is 6.65. The first-order valence-corrected chi connectivity index (χ1v) is 7.73. The van der Waals surface area contributed by atoms with Crippen LogP contribution in [-0.4, -0.2) is 0 Å². The maximum atomic E-state index is 13.5. The number of halogens is 2. The fraction of sp³-hybridized carbons (Fsp3) is 0.600. The minimum Gasteiger partial charge on any atom is -0.206 e. The van der Waals surface area contributed by atoms with Gasteiger partial charge in [-0.3, -0.25) is 0 Å². The summed E-state index contributed by atoms with van der Waals surface area (Å²) in [6.45, 7) is 2.26. The summed E-state index contributed by atoms with van der Waals surface area (Å²) in [7, 11) is 0. The van der Waals surface area contributed by atoms with Crippen LogP contribution in [0.5, 0.6) is 0 Å². The van der Waals surface area contributed by atoms with E-state index in [-0.39, 0.29) is 5.82 Å². The predicted octanol–water partition coefficient (Wildman–Crippen LogP) is 5.50. The van der Waals surface area contributed by atoms with Gasteiger partial charge in [0.05, 0.1) is 0 Å². The summed E-state index contributed by atoms with van der Waals surface area (Å²) in [6, 6.07) is 5.76. The number of hydrogen-bond donors (Lipinski definition) is 0. The van der Waals surface area contributed by atoms with E-state index >= 15 is 0 Å². The van der Waals surface area contributed by atoms with E-state index in [2.05, 4.69) is 35.6 Å². The molecule has 0 atom stereocenters. The van der Waals surface area contributed by atoms with Crippen molar-refractivity contribution in [3.05, 3.63) is 33.1 Å². The highest BCUT2D eigenvalue weighted by Gasteiger charge is 2.22. The molecule has 0 N–H and O–H groups in total. The predicted molar refractivity (Wildman–Crippen MR) is 78.7 cm³/mol. The lowest BCUT2D eigenvalue weighted by Gasteiger charge is -2.28. The fourth-order valence-electron chi connectivity index (χ4n) is 2.96. The third-order valence-corrected chi connectivity index (χ3v) is 4.83. The van der Waals surface area contributed by atoms with Gasteiger partial charge in [-0.05, 0) is 77.8 Å². The quantitative estimate of drug-likeness (QED) is 0.634. The molecule has 0 aliphatic heterocycles. The van der Waals surface area contributed by atoms with Crippen LogP contribution in [0.4, 0.5) is 4.39 Å². The smallest absolute Gasteiger partial charge is 0.136 e. The van der Waals surface area contributed by atoms with Crippen LogP contribution in [0.3, 0.4) is 0 Å². The molecule has 1 aromatic carbocycles. The molecule has 1 aliphatic rings. The molecule has 1 aliphatic carbocycles. The Morgan fingerprint density at radius 2 is 1.94 bits per heavy atom. The molecule has 94 valence electrons. The lowest BCUT2D eigenvalue weighted by atomic mass is 9.77. The normalized spacial score (nSPS) is 24.9. The summed E-state index contributed by atoms with van der Waals surface area (Å²) in [5.74, 6) is 1.46. The highest BCUT2D eigenvalue weighted by molar-refractivity contribution is 14.1. The Hall–Kier alpha value is -0.120. The van der Waals surface area contributed by atoms with Gasteiger partial charge < -0.3 is 0 Å². The fourth-order valence-corrected chi connectivity index (χ4v) is 3.29. The zero-order valence-electron chi connectivity index (χ0n) is 10.4. The summed E-state index contributed by atoms with van der Waals surface area (Å²) in [5, 5.41) is 0. The molecule has 1 fully saturated rings. The molecule has 0 spiro atoms. The van der Waals surface area contributed by atoms with Crippen LogP contribution in [-0.2, 0) is 0 Å². The van der Waals surface area contributed by atoms with E-state index in [0.29, 0.717) is 5.92 Å². The largest absolute Gasteiger partial charge is 0.206 e. The second-order valence-electron chi connectivity index (χ2n) is 5.18. The van der Waals surface area contributed by atoms with Crippen molar-refractivity contribution >= 4 is 22.6 Å². The Morgan fingerprint density at radius 1 is 1.24 bits per heavy atom. The molecule has 0 saturated heterocycles. The Balaban J connectivity index is 1.98. The second-order valence-corrected chi connectivity index (χ2v) is 6.34. The molecule has 0 aromatic heterocycles. The maximum absolute atomic E-state index is 13.5. The molecule has 0 unspecified atom stereocenters. The van der Waals surface area contributed by atoms with Gasteiger partial charge in [0.1, 0.15) is 5.82 Å². The molecule has 2 rings (SSSR count). The Bertz CT molecular complexity index is 367. The van der Waals surface area contributed by atoms with Gasteiger partial charge in [-0.25, -0.2) is 4.39 Å². The van der Waals surface area contributed by atoms with Crippen LogP contribution in [0, 0.1) is 15.3 Å². The molecule has 0 radical (unpaired) electrons. The lowest BCUT2D eigenvalue weighted by Crippen LogP contribution is -2.13. The van der Waals surface area contributed by atoms with Crippen LogP contribution >= 0.6 is 22.6 Å². The van der Waals surface area contributed by atoms with E-state index in [1.54, 1.807) is 6.07 Å². The van der Waals surface area contributed by atoms with Crippen molar-refractivity contribution in [3.63, 3.8) is 0 Å². The molecule has 17 heavy (non-hydrogen) atoms. The van der Waals surface area contributed by atoms with E-state index in [1.807, 2.05) is 6.07 Å². The van der Waals surface area contributed by atoms with Crippen molar-refractivity contribution in [2.24, 2.45) is 5.92 Å². The molecule has 0 heterocycles. The standard InChI is InChI=1S/C15H20FI/c1-2-3-11-4-6-12(7-5-11)13-8-9-15(17)14(16)10-13/h8-12H,2-7H2,1H3. The van der Waals surface area contributed by atoms with Crippen LogP contribution in [0.1, 0.15) is 56.9 Å². The van der Waals surface area contributed by atoms with Gasteiger partial charge in [0.2, 0.25) is 0 Å². The summed E-state index contributed by atoms with van der Waals surface area (Å²) in [5.41, 5.74) is 1.21. The van der Waals surface area contributed by atoms with Crippen molar-refractivity contribution < 1.29 is 4.39 Å². The highest BCUT2D eigenvalue weighted by atomic mass is 127. The average Bonchev–Trinajstić information content (AvgIpc) is 2.34. The van der Waals surface area contributed by atoms with Crippen molar-refractivity contribution in [2.45, 2.75) is 51.4 Å². The monoisotopic (exact) mass is 346 g/mol. The maximum Gasteiger partial charge on any atom is 0.136 e.